The molecule has 0 saturated heterocycles. The molecule has 80 valence electrons. The van der Waals surface area contributed by atoms with Crippen LogP contribution in [-0.2, 0) is 0 Å². The molecule has 2 unspecified atom stereocenters. The van der Waals surface area contributed by atoms with Crippen molar-refractivity contribution in [2.45, 2.75) is 66.4 Å². The average molecular weight is 186 g/mol. The van der Waals surface area contributed by atoms with E-state index in [4.69, 9.17) is 0 Å². The lowest BCUT2D eigenvalue weighted by molar-refractivity contribution is 0.0588. The molecule has 1 nitrogen and oxygen atoms in total. The molecule has 0 heterocycles. The third-order valence-electron chi connectivity index (χ3n) is 2.93. The van der Waals surface area contributed by atoms with Crippen molar-refractivity contribution in [1.82, 2.24) is 0 Å². The Morgan fingerprint density at radius 3 is 2.15 bits per heavy atom. The van der Waals surface area contributed by atoms with Crippen molar-refractivity contribution >= 4 is 0 Å². The molecule has 2 atom stereocenters. The Bertz CT molecular complexity index is 127. The third kappa shape index (κ3) is 4.66. The zero-order chi connectivity index (χ0) is 10.5. The van der Waals surface area contributed by atoms with Crippen LogP contribution in [0.2, 0.25) is 0 Å². The van der Waals surface area contributed by atoms with Crippen molar-refractivity contribution < 1.29 is 5.11 Å². The minimum Gasteiger partial charge on any atom is -0.393 e. The van der Waals surface area contributed by atoms with Crippen LogP contribution in [0.1, 0.15) is 60.3 Å². The fourth-order valence-electron chi connectivity index (χ4n) is 2.17. The van der Waals surface area contributed by atoms with Crippen LogP contribution in [0, 0.1) is 11.3 Å². The Labute approximate surface area is 83.5 Å². The van der Waals surface area contributed by atoms with Crippen molar-refractivity contribution in [3.63, 3.8) is 0 Å². The minimum atomic E-state index is -0.102. The lowest BCUT2D eigenvalue weighted by Gasteiger charge is -2.36. The molecular formula is C12H26O. The van der Waals surface area contributed by atoms with Gasteiger partial charge in [0, 0.05) is 0 Å². The first-order valence-electron chi connectivity index (χ1n) is 5.69. The van der Waals surface area contributed by atoms with E-state index in [-0.39, 0.29) is 6.10 Å². The normalized spacial score (nSPS) is 28.6. The summed E-state index contributed by atoms with van der Waals surface area (Å²) in [5, 5.41) is 9.41. The summed E-state index contributed by atoms with van der Waals surface area (Å²) in [6, 6.07) is 0. The Morgan fingerprint density at radius 2 is 1.85 bits per heavy atom. The lowest BCUT2D eigenvalue weighted by Crippen LogP contribution is -2.28. The molecule has 0 aromatic rings. The van der Waals surface area contributed by atoms with Gasteiger partial charge in [0.2, 0.25) is 0 Å². The third-order valence-corrected chi connectivity index (χ3v) is 2.93. The van der Waals surface area contributed by atoms with Gasteiger partial charge in [0.25, 0.3) is 0 Å². The first-order valence-corrected chi connectivity index (χ1v) is 5.69. The zero-order valence-electron chi connectivity index (χ0n) is 9.93. The molecule has 1 rings (SSSR count). The largest absolute Gasteiger partial charge is 0.393 e. The van der Waals surface area contributed by atoms with E-state index in [1.807, 2.05) is 20.8 Å². The summed E-state index contributed by atoms with van der Waals surface area (Å²) in [6.45, 7) is 10.5. The van der Waals surface area contributed by atoms with Crippen LogP contribution in [-0.4, -0.2) is 11.2 Å². The predicted molar refractivity (Wildman–Crippen MR) is 58.8 cm³/mol. The maximum absolute atomic E-state index is 9.41. The SMILES string of the molecule is CC.CC(O)C1CCCC(C)(C)C1. The van der Waals surface area contributed by atoms with Crippen LogP contribution in [0.5, 0.6) is 0 Å². The number of hydrogen-bond acceptors (Lipinski definition) is 1. The highest BCUT2D eigenvalue weighted by Crippen LogP contribution is 2.39. The van der Waals surface area contributed by atoms with E-state index < -0.39 is 0 Å². The highest BCUT2D eigenvalue weighted by molar-refractivity contribution is 4.81. The molecule has 1 heteroatoms. The fourth-order valence-corrected chi connectivity index (χ4v) is 2.17. The Hall–Kier alpha value is -0.0400. The molecule has 0 aliphatic heterocycles. The molecule has 13 heavy (non-hydrogen) atoms. The predicted octanol–water partition coefficient (Wildman–Crippen LogP) is 3.61. The Kier molecular flexibility index (Phi) is 5.62. The van der Waals surface area contributed by atoms with Gasteiger partial charge < -0.3 is 5.11 Å². The van der Waals surface area contributed by atoms with E-state index in [1.54, 1.807) is 0 Å². The molecular weight excluding hydrogens is 160 g/mol. The van der Waals surface area contributed by atoms with E-state index >= 15 is 0 Å². The van der Waals surface area contributed by atoms with Crippen LogP contribution in [0.25, 0.3) is 0 Å². The monoisotopic (exact) mass is 186 g/mol. The van der Waals surface area contributed by atoms with Crippen molar-refractivity contribution in [3.8, 4) is 0 Å². The molecule has 0 bridgehead atoms. The molecule has 1 fully saturated rings. The van der Waals surface area contributed by atoms with Gasteiger partial charge in [-0.05, 0) is 37.5 Å². The number of aliphatic hydroxyl groups excluding tert-OH is 1. The van der Waals surface area contributed by atoms with Crippen LogP contribution in [0.15, 0.2) is 0 Å². The average Bonchev–Trinajstić information content (AvgIpc) is 2.06. The van der Waals surface area contributed by atoms with Crippen molar-refractivity contribution in [3.05, 3.63) is 0 Å². The van der Waals surface area contributed by atoms with Gasteiger partial charge in [0.15, 0.2) is 0 Å². The van der Waals surface area contributed by atoms with Crippen LogP contribution >= 0.6 is 0 Å². The zero-order valence-corrected chi connectivity index (χ0v) is 9.93. The van der Waals surface area contributed by atoms with Crippen LogP contribution in [0.3, 0.4) is 0 Å². The summed E-state index contributed by atoms with van der Waals surface area (Å²) in [5.74, 6) is 0.554. The molecule has 0 spiro atoms. The van der Waals surface area contributed by atoms with E-state index in [0.717, 1.165) is 0 Å². The summed E-state index contributed by atoms with van der Waals surface area (Å²) < 4.78 is 0. The highest BCUT2D eigenvalue weighted by atomic mass is 16.3. The van der Waals surface area contributed by atoms with Crippen LogP contribution in [0.4, 0.5) is 0 Å². The van der Waals surface area contributed by atoms with E-state index in [0.29, 0.717) is 11.3 Å². The maximum atomic E-state index is 9.41. The second-order valence-electron chi connectivity index (χ2n) is 4.76. The van der Waals surface area contributed by atoms with Gasteiger partial charge in [0.1, 0.15) is 0 Å². The summed E-state index contributed by atoms with van der Waals surface area (Å²) in [7, 11) is 0. The van der Waals surface area contributed by atoms with Gasteiger partial charge in [-0.2, -0.15) is 0 Å². The highest BCUT2D eigenvalue weighted by Gasteiger charge is 2.29. The first-order chi connectivity index (χ1) is 6.01. The first kappa shape index (κ1) is 13.0. The molecule has 0 radical (unpaired) electrons. The summed E-state index contributed by atoms with van der Waals surface area (Å²) in [5.41, 5.74) is 0.472. The lowest BCUT2D eigenvalue weighted by atomic mass is 9.71. The van der Waals surface area contributed by atoms with Gasteiger partial charge in [-0.25, -0.2) is 0 Å². The van der Waals surface area contributed by atoms with Crippen molar-refractivity contribution in [2.75, 3.05) is 0 Å². The molecule has 1 aliphatic rings. The summed E-state index contributed by atoms with van der Waals surface area (Å²) >= 11 is 0. The Morgan fingerprint density at radius 1 is 1.31 bits per heavy atom. The van der Waals surface area contributed by atoms with Gasteiger partial charge in [-0.1, -0.05) is 34.1 Å². The van der Waals surface area contributed by atoms with Crippen molar-refractivity contribution in [2.24, 2.45) is 11.3 Å². The van der Waals surface area contributed by atoms with Gasteiger partial charge in [0.05, 0.1) is 6.10 Å². The summed E-state index contributed by atoms with van der Waals surface area (Å²) in [4.78, 5) is 0. The quantitative estimate of drug-likeness (QED) is 0.663. The van der Waals surface area contributed by atoms with Gasteiger partial charge >= 0.3 is 0 Å². The van der Waals surface area contributed by atoms with Crippen molar-refractivity contribution in [1.29, 1.82) is 0 Å². The van der Waals surface area contributed by atoms with E-state index in [1.165, 1.54) is 25.7 Å². The van der Waals surface area contributed by atoms with E-state index in [2.05, 4.69) is 13.8 Å². The molecule has 1 aliphatic carbocycles. The van der Waals surface area contributed by atoms with Gasteiger partial charge in [-0.3, -0.25) is 0 Å². The summed E-state index contributed by atoms with van der Waals surface area (Å²) in [6.07, 6.45) is 4.94. The second-order valence-corrected chi connectivity index (χ2v) is 4.76. The number of rotatable bonds is 1. The maximum Gasteiger partial charge on any atom is 0.0540 e. The van der Waals surface area contributed by atoms with E-state index in [9.17, 15) is 5.11 Å². The smallest absolute Gasteiger partial charge is 0.0540 e. The minimum absolute atomic E-state index is 0.102. The number of hydrogen-bond donors (Lipinski definition) is 1. The van der Waals surface area contributed by atoms with Gasteiger partial charge in [-0.15, -0.1) is 0 Å². The second kappa shape index (κ2) is 5.64. The number of aliphatic hydroxyl groups is 1. The molecule has 0 aromatic carbocycles. The topological polar surface area (TPSA) is 20.2 Å². The molecule has 0 amide bonds. The standard InChI is InChI=1S/C10H20O.C2H6/c1-8(11)9-5-4-6-10(2,3)7-9;1-2/h8-9,11H,4-7H2,1-3H3;1-2H3. The molecule has 1 N–H and O–H groups in total. The molecule has 0 aromatic heterocycles. The van der Waals surface area contributed by atoms with Crippen LogP contribution < -0.4 is 0 Å². The molecule has 1 saturated carbocycles. The Balaban J connectivity index is 0.000000671. The fraction of sp³-hybridized carbons (Fsp3) is 1.00.